The summed E-state index contributed by atoms with van der Waals surface area (Å²) in [5.41, 5.74) is 2.83. The molecule has 1 aromatic heterocycles. The van der Waals surface area contributed by atoms with E-state index in [2.05, 4.69) is 15.5 Å². The average molecular weight is 377 g/mol. The number of hydrogen-bond acceptors (Lipinski definition) is 6. The molecule has 0 saturated heterocycles. The molecule has 1 N–H and O–H groups in total. The Hall–Kier alpha value is -3.61. The van der Waals surface area contributed by atoms with Crippen molar-refractivity contribution in [2.45, 2.75) is 20.0 Å². The Morgan fingerprint density at radius 1 is 1.25 bits per heavy atom. The topological polar surface area (TPSA) is 86.5 Å². The maximum absolute atomic E-state index is 12.1. The zero-order chi connectivity index (χ0) is 19.3. The molecule has 0 atom stereocenters. The molecule has 0 aliphatic carbocycles. The van der Waals surface area contributed by atoms with Gasteiger partial charge in [-0.3, -0.25) is 4.79 Å². The van der Waals surface area contributed by atoms with E-state index in [0.717, 1.165) is 24.3 Å². The molecule has 0 unspecified atom stereocenters. The first-order valence-corrected chi connectivity index (χ1v) is 8.92. The highest BCUT2D eigenvalue weighted by molar-refractivity contribution is 6.01. The Bertz CT molecular complexity index is 1010. The van der Waals surface area contributed by atoms with Crippen molar-refractivity contribution in [1.82, 2.24) is 10.1 Å². The van der Waals surface area contributed by atoms with E-state index in [4.69, 9.17) is 14.0 Å². The van der Waals surface area contributed by atoms with Crippen LogP contribution in [-0.4, -0.2) is 22.7 Å². The van der Waals surface area contributed by atoms with Crippen LogP contribution in [0.4, 0.5) is 5.69 Å². The van der Waals surface area contributed by atoms with Crippen LogP contribution in [0.25, 0.3) is 6.08 Å². The number of benzene rings is 2. The predicted octanol–water partition coefficient (Wildman–Crippen LogP) is 3.54. The first-order valence-electron chi connectivity index (χ1n) is 8.92. The van der Waals surface area contributed by atoms with Gasteiger partial charge in [-0.05, 0) is 53.6 Å². The maximum atomic E-state index is 12.1. The summed E-state index contributed by atoms with van der Waals surface area (Å²) in [5, 5.41) is 6.59. The van der Waals surface area contributed by atoms with E-state index in [0.29, 0.717) is 23.2 Å². The van der Waals surface area contributed by atoms with E-state index >= 15 is 0 Å². The number of aromatic nitrogens is 2. The second-order valence-electron chi connectivity index (χ2n) is 6.33. The predicted molar refractivity (Wildman–Crippen MR) is 103 cm³/mol. The molecule has 0 radical (unpaired) electrons. The van der Waals surface area contributed by atoms with Crippen LogP contribution in [0.2, 0.25) is 0 Å². The molecule has 7 heteroatoms. The lowest BCUT2D eigenvalue weighted by molar-refractivity contribution is -0.111. The molecule has 7 nitrogen and oxygen atoms in total. The van der Waals surface area contributed by atoms with Crippen LogP contribution >= 0.6 is 0 Å². The van der Waals surface area contributed by atoms with E-state index in [9.17, 15) is 4.79 Å². The second kappa shape index (κ2) is 7.96. The second-order valence-corrected chi connectivity index (χ2v) is 6.33. The van der Waals surface area contributed by atoms with Gasteiger partial charge in [0.15, 0.2) is 6.61 Å². The molecule has 3 aromatic rings. The molecule has 1 aliphatic heterocycles. The van der Waals surface area contributed by atoms with Crippen molar-refractivity contribution in [2.75, 3.05) is 11.9 Å². The highest BCUT2D eigenvalue weighted by atomic mass is 16.5. The summed E-state index contributed by atoms with van der Waals surface area (Å²) in [4.78, 5) is 16.2. The standard InChI is InChI=1S/C21H19N3O4/c1-14-22-20(24-28-14)13-27-18-6-4-17(5-7-18)23-21(25)9-3-15-2-8-19-16(12-15)10-11-26-19/h2-9,12H,10-11,13H2,1H3,(H,23,25)/b9-3+. The van der Waals surface area contributed by atoms with Crippen molar-refractivity contribution in [3.63, 3.8) is 0 Å². The molecule has 2 heterocycles. The first-order chi connectivity index (χ1) is 13.7. The Balaban J connectivity index is 1.30. The van der Waals surface area contributed by atoms with Gasteiger partial charge in [0.25, 0.3) is 0 Å². The van der Waals surface area contributed by atoms with Crippen LogP contribution in [0.1, 0.15) is 22.8 Å². The van der Waals surface area contributed by atoms with Gasteiger partial charge < -0.3 is 19.3 Å². The number of fused-ring (bicyclic) bond motifs is 1. The quantitative estimate of drug-likeness (QED) is 0.661. The monoisotopic (exact) mass is 377 g/mol. The number of aryl methyl sites for hydroxylation is 1. The van der Waals surface area contributed by atoms with Gasteiger partial charge in [-0.2, -0.15) is 4.98 Å². The summed E-state index contributed by atoms with van der Waals surface area (Å²) in [7, 11) is 0. The fourth-order valence-corrected chi connectivity index (χ4v) is 2.85. The third-order valence-electron chi connectivity index (χ3n) is 4.20. The number of hydrogen-bond donors (Lipinski definition) is 1. The van der Waals surface area contributed by atoms with Crippen molar-refractivity contribution >= 4 is 17.7 Å². The van der Waals surface area contributed by atoms with Crippen molar-refractivity contribution in [3.05, 3.63) is 71.4 Å². The molecule has 142 valence electrons. The van der Waals surface area contributed by atoms with Gasteiger partial charge >= 0.3 is 0 Å². The lowest BCUT2D eigenvalue weighted by Crippen LogP contribution is -2.07. The molecule has 0 saturated carbocycles. The van der Waals surface area contributed by atoms with Gasteiger partial charge in [0.1, 0.15) is 11.5 Å². The minimum absolute atomic E-state index is 0.201. The Labute approximate surface area is 162 Å². The number of carbonyl (C=O) groups is 1. The maximum Gasteiger partial charge on any atom is 0.248 e. The van der Waals surface area contributed by atoms with Crippen LogP contribution < -0.4 is 14.8 Å². The van der Waals surface area contributed by atoms with Crippen LogP contribution in [0, 0.1) is 6.92 Å². The number of rotatable bonds is 6. The first kappa shape index (κ1) is 17.8. The SMILES string of the molecule is Cc1nc(COc2ccc(NC(=O)/C=C/c3ccc4c(c3)CCO4)cc2)no1. The van der Waals surface area contributed by atoms with Gasteiger partial charge in [-0.25, -0.2) is 0 Å². The molecule has 0 bridgehead atoms. The molecular formula is C21H19N3O4. The summed E-state index contributed by atoms with van der Waals surface area (Å²) in [6.07, 6.45) is 4.21. The minimum atomic E-state index is -0.201. The van der Waals surface area contributed by atoms with E-state index in [1.807, 2.05) is 18.2 Å². The van der Waals surface area contributed by atoms with Crippen molar-refractivity contribution in [2.24, 2.45) is 0 Å². The molecule has 28 heavy (non-hydrogen) atoms. The largest absolute Gasteiger partial charge is 0.493 e. The average Bonchev–Trinajstić information content (AvgIpc) is 3.34. The van der Waals surface area contributed by atoms with E-state index < -0.39 is 0 Å². The summed E-state index contributed by atoms with van der Waals surface area (Å²) in [5.74, 6) is 2.36. The van der Waals surface area contributed by atoms with Crippen molar-refractivity contribution in [3.8, 4) is 11.5 Å². The number of ether oxygens (including phenoxy) is 2. The van der Waals surface area contributed by atoms with Crippen molar-refractivity contribution in [1.29, 1.82) is 0 Å². The number of anilines is 1. The summed E-state index contributed by atoms with van der Waals surface area (Å²) >= 11 is 0. The van der Waals surface area contributed by atoms with E-state index in [1.54, 1.807) is 37.3 Å². The summed E-state index contributed by atoms with van der Waals surface area (Å²) < 4.78 is 16.0. The molecule has 2 aromatic carbocycles. The fraction of sp³-hybridized carbons (Fsp3) is 0.190. The zero-order valence-electron chi connectivity index (χ0n) is 15.3. The smallest absolute Gasteiger partial charge is 0.248 e. The van der Waals surface area contributed by atoms with Crippen LogP contribution in [-0.2, 0) is 17.8 Å². The summed E-state index contributed by atoms with van der Waals surface area (Å²) in [6.45, 7) is 2.66. The Kier molecular flexibility index (Phi) is 5.05. The number of carbonyl (C=O) groups excluding carboxylic acids is 1. The summed E-state index contributed by atoms with van der Waals surface area (Å²) in [6, 6.07) is 13.0. The van der Waals surface area contributed by atoms with Gasteiger partial charge in [0, 0.05) is 25.1 Å². The molecule has 4 rings (SSSR count). The highest BCUT2D eigenvalue weighted by Crippen LogP contribution is 2.26. The minimum Gasteiger partial charge on any atom is -0.493 e. The zero-order valence-corrected chi connectivity index (χ0v) is 15.3. The van der Waals surface area contributed by atoms with E-state index in [1.165, 1.54) is 11.6 Å². The fourth-order valence-electron chi connectivity index (χ4n) is 2.85. The normalized spacial score (nSPS) is 12.6. The molecule has 0 spiro atoms. The third-order valence-corrected chi connectivity index (χ3v) is 4.20. The number of nitrogens with zero attached hydrogens (tertiary/aromatic N) is 2. The van der Waals surface area contributed by atoms with Gasteiger partial charge in [0.05, 0.1) is 6.61 Å². The highest BCUT2D eigenvalue weighted by Gasteiger charge is 2.11. The van der Waals surface area contributed by atoms with Crippen molar-refractivity contribution < 1.29 is 18.8 Å². The van der Waals surface area contributed by atoms with Crippen LogP contribution in [0.5, 0.6) is 11.5 Å². The van der Waals surface area contributed by atoms with Crippen LogP contribution in [0.15, 0.2) is 53.1 Å². The molecule has 1 aliphatic rings. The molecule has 1 amide bonds. The number of amides is 1. The number of nitrogens with one attached hydrogen (secondary N) is 1. The Morgan fingerprint density at radius 3 is 2.89 bits per heavy atom. The molecule has 0 fully saturated rings. The van der Waals surface area contributed by atoms with Crippen LogP contribution in [0.3, 0.4) is 0 Å². The van der Waals surface area contributed by atoms with Gasteiger partial charge in [-0.1, -0.05) is 11.2 Å². The molecular weight excluding hydrogens is 358 g/mol. The Morgan fingerprint density at radius 2 is 2.11 bits per heavy atom. The lowest BCUT2D eigenvalue weighted by Gasteiger charge is -2.06. The van der Waals surface area contributed by atoms with E-state index in [-0.39, 0.29) is 12.5 Å². The van der Waals surface area contributed by atoms with Gasteiger partial charge in [0.2, 0.25) is 17.6 Å². The third kappa shape index (κ3) is 4.37. The van der Waals surface area contributed by atoms with Gasteiger partial charge in [-0.15, -0.1) is 0 Å². The lowest BCUT2D eigenvalue weighted by atomic mass is 10.1.